The summed E-state index contributed by atoms with van der Waals surface area (Å²) in [6.45, 7) is 18.2. The van der Waals surface area contributed by atoms with Crippen molar-refractivity contribution in [3.05, 3.63) is 34.9 Å². The number of rotatable bonds is 6. The third kappa shape index (κ3) is 7.89. The Bertz CT molecular complexity index is 784. The number of carbonyl (C=O) groups excluding carboxylic acids is 3. The first kappa shape index (κ1) is 26.5. The van der Waals surface area contributed by atoms with E-state index in [1.54, 1.807) is 25.7 Å². The lowest BCUT2D eigenvalue weighted by atomic mass is 9.90. The first-order valence-electron chi connectivity index (χ1n) is 10.7. The second-order valence-electron chi connectivity index (χ2n) is 10.2. The highest BCUT2D eigenvalue weighted by Gasteiger charge is 2.40. The van der Waals surface area contributed by atoms with Gasteiger partial charge < -0.3 is 20.3 Å². The Morgan fingerprint density at radius 1 is 1.00 bits per heavy atom. The van der Waals surface area contributed by atoms with E-state index in [0.717, 1.165) is 16.7 Å². The van der Waals surface area contributed by atoms with Crippen molar-refractivity contribution in [2.75, 3.05) is 6.54 Å². The molecule has 174 valence electrons. The third-order valence-corrected chi connectivity index (χ3v) is 4.53. The molecule has 0 spiro atoms. The number of carbonyl (C=O) groups is 3. The van der Waals surface area contributed by atoms with Gasteiger partial charge in [0.05, 0.1) is 0 Å². The molecular weight excluding hydrogens is 394 g/mol. The Labute approximate surface area is 186 Å². The molecule has 1 aromatic rings. The molecule has 3 amide bonds. The minimum Gasteiger partial charge on any atom is -0.444 e. The van der Waals surface area contributed by atoms with E-state index in [-0.39, 0.29) is 24.4 Å². The van der Waals surface area contributed by atoms with Crippen LogP contribution in [0.1, 0.15) is 78.1 Å². The maximum absolute atomic E-state index is 13.4. The summed E-state index contributed by atoms with van der Waals surface area (Å²) in [5.74, 6) is -0.627. The van der Waals surface area contributed by atoms with Gasteiger partial charge in [0.1, 0.15) is 18.2 Å². The van der Waals surface area contributed by atoms with Crippen molar-refractivity contribution < 1.29 is 19.1 Å². The SMILES string of the molecule is Cc1cccc(C)c1C(C(=O)NC(C)C)N(C(=O)CNC(=O)OC(C)(C)C)C(C)(C)C. The lowest BCUT2D eigenvalue weighted by Gasteiger charge is -2.42. The molecule has 0 heterocycles. The quantitative estimate of drug-likeness (QED) is 0.709. The van der Waals surface area contributed by atoms with E-state index < -0.39 is 23.3 Å². The fraction of sp³-hybridized carbons (Fsp3) is 0.625. The van der Waals surface area contributed by atoms with E-state index in [1.807, 2.05) is 66.7 Å². The summed E-state index contributed by atoms with van der Waals surface area (Å²) >= 11 is 0. The molecule has 1 unspecified atom stereocenters. The van der Waals surface area contributed by atoms with Gasteiger partial charge in [-0.25, -0.2) is 4.79 Å². The fourth-order valence-corrected chi connectivity index (χ4v) is 3.45. The molecule has 31 heavy (non-hydrogen) atoms. The lowest BCUT2D eigenvalue weighted by Crippen LogP contribution is -2.55. The Morgan fingerprint density at radius 3 is 1.94 bits per heavy atom. The van der Waals surface area contributed by atoms with Gasteiger partial charge in [-0.05, 0) is 85.9 Å². The number of nitrogens with one attached hydrogen (secondary N) is 2. The van der Waals surface area contributed by atoms with Crippen LogP contribution in [0.25, 0.3) is 0 Å². The fourth-order valence-electron chi connectivity index (χ4n) is 3.45. The van der Waals surface area contributed by atoms with Crippen molar-refractivity contribution in [3.63, 3.8) is 0 Å². The van der Waals surface area contributed by atoms with E-state index in [9.17, 15) is 14.4 Å². The Morgan fingerprint density at radius 2 is 1.52 bits per heavy atom. The van der Waals surface area contributed by atoms with Gasteiger partial charge in [-0.15, -0.1) is 0 Å². The van der Waals surface area contributed by atoms with Crippen LogP contribution in [0.5, 0.6) is 0 Å². The molecule has 0 aliphatic heterocycles. The smallest absolute Gasteiger partial charge is 0.408 e. The highest BCUT2D eigenvalue weighted by molar-refractivity contribution is 5.91. The van der Waals surface area contributed by atoms with Crippen molar-refractivity contribution in [1.82, 2.24) is 15.5 Å². The van der Waals surface area contributed by atoms with Gasteiger partial charge in [-0.2, -0.15) is 0 Å². The van der Waals surface area contributed by atoms with Crippen LogP contribution in [-0.4, -0.2) is 46.5 Å². The van der Waals surface area contributed by atoms with Crippen LogP contribution in [0, 0.1) is 13.8 Å². The molecule has 0 saturated carbocycles. The summed E-state index contributed by atoms with van der Waals surface area (Å²) in [5, 5.41) is 5.48. The Balaban J connectivity index is 3.38. The molecule has 2 N–H and O–H groups in total. The number of ether oxygens (including phenoxy) is 1. The van der Waals surface area contributed by atoms with Crippen molar-refractivity contribution in [2.24, 2.45) is 0 Å². The highest BCUT2D eigenvalue weighted by atomic mass is 16.6. The average molecular weight is 434 g/mol. The predicted molar refractivity (Wildman–Crippen MR) is 123 cm³/mol. The molecule has 7 nitrogen and oxygen atoms in total. The third-order valence-electron chi connectivity index (χ3n) is 4.53. The largest absolute Gasteiger partial charge is 0.444 e. The van der Waals surface area contributed by atoms with E-state index in [0.29, 0.717) is 0 Å². The number of benzene rings is 1. The van der Waals surface area contributed by atoms with Crippen molar-refractivity contribution >= 4 is 17.9 Å². The number of aryl methyl sites for hydroxylation is 2. The molecular formula is C24H39N3O4. The van der Waals surface area contributed by atoms with Crippen LogP contribution >= 0.6 is 0 Å². The minimum absolute atomic E-state index is 0.0869. The molecule has 1 rings (SSSR count). The maximum Gasteiger partial charge on any atom is 0.408 e. The normalized spacial score (nSPS) is 12.9. The van der Waals surface area contributed by atoms with Crippen LogP contribution < -0.4 is 10.6 Å². The molecule has 0 fully saturated rings. The lowest BCUT2D eigenvalue weighted by molar-refractivity contribution is -0.146. The summed E-state index contributed by atoms with van der Waals surface area (Å²) in [4.78, 5) is 40.4. The molecule has 1 atom stereocenters. The molecule has 0 aliphatic rings. The van der Waals surface area contributed by atoms with Crippen molar-refractivity contribution in [2.45, 2.75) is 92.5 Å². The monoisotopic (exact) mass is 433 g/mol. The predicted octanol–water partition coefficient (Wildman–Crippen LogP) is 4.02. The topological polar surface area (TPSA) is 87.7 Å². The van der Waals surface area contributed by atoms with Crippen LogP contribution in [-0.2, 0) is 14.3 Å². The van der Waals surface area contributed by atoms with Gasteiger partial charge in [0.25, 0.3) is 0 Å². The number of hydrogen-bond acceptors (Lipinski definition) is 4. The molecule has 0 radical (unpaired) electrons. The maximum atomic E-state index is 13.4. The summed E-state index contributed by atoms with van der Waals surface area (Å²) in [6.07, 6.45) is -0.676. The zero-order chi connectivity index (χ0) is 24.1. The molecule has 0 aromatic heterocycles. The summed E-state index contributed by atoms with van der Waals surface area (Å²) in [6, 6.07) is 4.87. The van der Waals surface area contributed by atoms with Gasteiger partial charge >= 0.3 is 6.09 Å². The molecule has 1 aromatic carbocycles. The van der Waals surface area contributed by atoms with Gasteiger partial charge in [-0.3, -0.25) is 9.59 Å². The Kier molecular flexibility index (Phi) is 8.67. The molecule has 0 bridgehead atoms. The van der Waals surface area contributed by atoms with E-state index in [4.69, 9.17) is 4.74 Å². The van der Waals surface area contributed by atoms with Crippen LogP contribution in [0.2, 0.25) is 0 Å². The molecule has 7 heteroatoms. The second-order valence-corrected chi connectivity index (χ2v) is 10.2. The summed E-state index contributed by atoms with van der Waals surface area (Å²) < 4.78 is 5.24. The van der Waals surface area contributed by atoms with Gasteiger partial charge in [0, 0.05) is 11.6 Å². The van der Waals surface area contributed by atoms with Crippen LogP contribution in [0.3, 0.4) is 0 Å². The van der Waals surface area contributed by atoms with E-state index >= 15 is 0 Å². The molecule has 0 aliphatic carbocycles. The number of alkyl carbamates (subject to hydrolysis) is 1. The van der Waals surface area contributed by atoms with Crippen molar-refractivity contribution in [1.29, 1.82) is 0 Å². The highest BCUT2D eigenvalue weighted by Crippen LogP contribution is 2.33. The minimum atomic E-state index is -0.837. The first-order valence-corrected chi connectivity index (χ1v) is 10.7. The summed E-state index contributed by atoms with van der Waals surface area (Å²) in [5.41, 5.74) is 1.29. The van der Waals surface area contributed by atoms with Gasteiger partial charge in [-0.1, -0.05) is 18.2 Å². The van der Waals surface area contributed by atoms with Crippen molar-refractivity contribution in [3.8, 4) is 0 Å². The molecule has 0 saturated heterocycles. The average Bonchev–Trinajstić information content (AvgIpc) is 2.55. The number of hydrogen-bond donors (Lipinski definition) is 2. The van der Waals surface area contributed by atoms with E-state index in [1.165, 1.54) is 0 Å². The zero-order valence-electron chi connectivity index (χ0n) is 20.7. The number of amides is 3. The first-order chi connectivity index (χ1) is 14.0. The van der Waals surface area contributed by atoms with Gasteiger partial charge in [0.15, 0.2) is 0 Å². The summed E-state index contributed by atoms with van der Waals surface area (Å²) in [7, 11) is 0. The van der Waals surface area contributed by atoms with Crippen LogP contribution in [0.4, 0.5) is 4.79 Å². The Hall–Kier alpha value is -2.57. The number of nitrogens with zero attached hydrogens (tertiary/aromatic N) is 1. The zero-order valence-corrected chi connectivity index (χ0v) is 20.7. The van der Waals surface area contributed by atoms with Crippen LogP contribution in [0.15, 0.2) is 18.2 Å². The van der Waals surface area contributed by atoms with E-state index in [2.05, 4.69) is 10.6 Å². The second kappa shape index (κ2) is 10.2. The van der Waals surface area contributed by atoms with Gasteiger partial charge in [0.2, 0.25) is 11.8 Å². The standard InChI is InChI=1S/C24H39N3O4/c1-15(2)26-21(29)20(19-16(3)12-11-13-17(19)4)27(23(5,6)7)18(28)14-25-22(30)31-24(8,9)10/h11-13,15,20H,14H2,1-10H3,(H,25,30)(H,26,29).